The van der Waals surface area contributed by atoms with Crippen molar-refractivity contribution in [1.82, 2.24) is 0 Å². The number of unbranched alkanes of at least 4 members (excludes halogenated alkanes) is 8. The normalized spacial score (nSPS) is 11.2. The molecule has 0 bridgehead atoms. The van der Waals surface area contributed by atoms with Gasteiger partial charge >= 0.3 is 0 Å². The first-order valence-corrected chi connectivity index (χ1v) is 12.5. The summed E-state index contributed by atoms with van der Waals surface area (Å²) in [5.41, 5.74) is 0. The van der Waals surface area contributed by atoms with Crippen molar-refractivity contribution >= 4 is 79.6 Å². The summed E-state index contributed by atoms with van der Waals surface area (Å²) in [4.78, 5) is 0.693. The molecule has 0 heterocycles. The summed E-state index contributed by atoms with van der Waals surface area (Å²) in [5.74, 6) is 1.05. The van der Waals surface area contributed by atoms with Crippen molar-refractivity contribution in [3.63, 3.8) is 0 Å². The number of hydrogen-bond donors (Lipinski definition) is 0. The fraction of sp³-hybridized carbons (Fsp3) is 0.647. The van der Waals surface area contributed by atoms with E-state index < -0.39 is 0 Å². The van der Waals surface area contributed by atoms with Crippen LogP contribution in [0, 0.1) is 0 Å². The maximum Gasteiger partial charge on any atom is 0.0809 e. The number of benzene rings is 1. The number of rotatable bonds is 12. The Morgan fingerprint density at radius 2 is 1.00 bits per heavy atom. The van der Waals surface area contributed by atoms with Crippen LogP contribution >= 0.6 is 79.6 Å². The van der Waals surface area contributed by atoms with Gasteiger partial charge < -0.3 is 0 Å². The second-order valence-electron chi connectivity index (χ2n) is 5.63. The van der Waals surface area contributed by atoms with Crippen molar-refractivity contribution in [2.75, 3.05) is 5.75 Å². The Balaban J connectivity index is 2.20. The lowest BCUT2D eigenvalue weighted by atomic mass is 10.1. The van der Waals surface area contributed by atoms with Gasteiger partial charge in [-0.05, 0) is 6.42 Å². The first-order valence-electron chi connectivity index (χ1n) is 8.31. The lowest BCUT2D eigenvalue weighted by Crippen LogP contribution is -1.84. The van der Waals surface area contributed by atoms with E-state index in [1.54, 1.807) is 10.8 Å². The molecule has 0 saturated heterocycles. The molecule has 0 fully saturated rings. The molecule has 0 saturated carbocycles. The highest BCUT2D eigenvalue weighted by atomic mass is 35.5. The Bertz CT molecular complexity index is 479. The molecule has 0 N–H and O–H groups in total. The molecule has 138 valence electrons. The van der Waals surface area contributed by atoms with Crippen molar-refractivity contribution in [3.05, 3.63) is 25.1 Å². The van der Waals surface area contributed by atoms with Gasteiger partial charge in [-0.15, -0.1) is 0 Å². The molecular weight excluding hydrogens is 446 g/mol. The highest BCUT2D eigenvalue weighted by Crippen LogP contribution is 2.50. The van der Waals surface area contributed by atoms with Gasteiger partial charge in [0.05, 0.1) is 30.0 Å². The van der Waals surface area contributed by atoms with Gasteiger partial charge in [-0.1, -0.05) is 138 Å². The fourth-order valence-electron chi connectivity index (χ4n) is 2.23. The van der Waals surface area contributed by atoms with Gasteiger partial charge in [0, 0.05) is 5.75 Å². The SMILES string of the molecule is CCCCCCCCCCCSSc1c(Cl)c(Cl)c(Cl)c(Cl)c1Cl. The minimum atomic E-state index is 0.210. The van der Waals surface area contributed by atoms with Crippen LogP contribution in [0.4, 0.5) is 0 Å². The minimum absolute atomic E-state index is 0.210. The van der Waals surface area contributed by atoms with E-state index in [0.717, 1.165) is 5.75 Å². The minimum Gasteiger partial charge on any atom is -0.0888 e. The molecule has 0 amide bonds. The fourth-order valence-corrected chi connectivity index (χ4v) is 6.32. The largest absolute Gasteiger partial charge is 0.0888 e. The van der Waals surface area contributed by atoms with Gasteiger partial charge in [0.15, 0.2) is 0 Å². The van der Waals surface area contributed by atoms with Crippen molar-refractivity contribution < 1.29 is 0 Å². The van der Waals surface area contributed by atoms with E-state index in [0.29, 0.717) is 14.9 Å². The third-order valence-electron chi connectivity index (χ3n) is 3.64. The van der Waals surface area contributed by atoms with E-state index in [2.05, 4.69) is 6.92 Å². The molecule has 7 heteroatoms. The standard InChI is InChI=1S/C17H23Cl5S2/c1-2-3-4-5-6-7-8-9-10-11-23-24-17-15(21)13(19)12(18)14(20)16(17)22/h2-11H2,1H3. The smallest absolute Gasteiger partial charge is 0.0809 e. The van der Waals surface area contributed by atoms with E-state index in [-0.39, 0.29) is 15.1 Å². The Morgan fingerprint density at radius 1 is 0.583 bits per heavy atom. The van der Waals surface area contributed by atoms with Crippen LogP contribution in [-0.4, -0.2) is 5.75 Å². The molecule has 0 atom stereocenters. The molecule has 0 aliphatic rings. The summed E-state index contributed by atoms with van der Waals surface area (Å²) in [5, 5.41) is 1.49. The molecule has 0 spiro atoms. The molecule has 0 aliphatic heterocycles. The van der Waals surface area contributed by atoms with Crippen molar-refractivity contribution in [2.45, 2.75) is 69.6 Å². The van der Waals surface area contributed by atoms with E-state index in [9.17, 15) is 0 Å². The van der Waals surface area contributed by atoms with Crippen LogP contribution < -0.4 is 0 Å². The highest BCUT2D eigenvalue weighted by molar-refractivity contribution is 8.76. The lowest BCUT2D eigenvalue weighted by molar-refractivity contribution is 0.573. The molecule has 1 aromatic carbocycles. The maximum atomic E-state index is 6.22. The van der Waals surface area contributed by atoms with Gasteiger partial charge in [0.1, 0.15) is 0 Å². The molecule has 0 radical (unpaired) electrons. The summed E-state index contributed by atoms with van der Waals surface area (Å²) in [6.07, 6.45) is 11.9. The Hall–Kier alpha value is 1.37. The van der Waals surface area contributed by atoms with Gasteiger partial charge in [-0.2, -0.15) is 0 Å². The second-order valence-corrected chi connectivity index (χ2v) is 9.95. The monoisotopic (exact) mass is 466 g/mol. The molecule has 0 aromatic heterocycles. The topological polar surface area (TPSA) is 0 Å². The zero-order chi connectivity index (χ0) is 17.9. The maximum absolute atomic E-state index is 6.22. The van der Waals surface area contributed by atoms with Gasteiger partial charge in [-0.25, -0.2) is 0 Å². The highest BCUT2D eigenvalue weighted by Gasteiger charge is 2.19. The Morgan fingerprint density at radius 3 is 1.50 bits per heavy atom. The zero-order valence-electron chi connectivity index (χ0n) is 13.8. The van der Waals surface area contributed by atoms with E-state index in [4.69, 9.17) is 58.0 Å². The van der Waals surface area contributed by atoms with Crippen LogP contribution in [0.1, 0.15) is 64.7 Å². The molecule has 0 unspecified atom stereocenters. The van der Waals surface area contributed by atoms with E-state index in [1.807, 2.05) is 0 Å². The first kappa shape index (κ1) is 23.4. The molecular formula is C17H23Cl5S2. The van der Waals surface area contributed by atoms with Crippen molar-refractivity contribution in [3.8, 4) is 0 Å². The number of hydrogen-bond acceptors (Lipinski definition) is 2. The molecule has 0 aliphatic carbocycles. The van der Waals surface area contributed by atoms with Gasteiger partial charge in [-0.3, -0.25) is 0 Å². The van der Waals surface area contributed by atoms with E-state index in [1.165, 1.54) is 68.6 Å². The quantitative estimate of drug-likeness (QED) is 0.129. The average Bonchev–Trinajstić information content (AvgIpc) is 2.58. The lowest BCUT2D eigenvalue weighted by Gasteiger charge is -2.11. The first-order chi connectivity index (χ1) is 11.5. The summed E-state index contributed by atoms with van der Waals surface area (Å²) in [6, 6.07) is 0. The summed E-state index contributed by atoms with van der Waals surface area (Å²) >= 11 is 30.6. The van der Waals surface area contributed by atoms with Crippen LogP contribution in [0.2, 0.25) is 25.1 Å². The van der Waals surface area contributed by atoms with Crippen molar-refractivity contribution in [2.24, 2.45) is 0 Å². The predicted molar refractivity (Wildman–Crippen MR) is 117 cm³/mol. The zero-order valence-corrected chi connectivity index (χ0v) is 19.2. The van der Waals surface area contributed by atoms with Crippen LogP contribution in [0.15, 0.2) is 4.90 Å². The Labute approximate surface area is 179 Å². The Kier molecular flexibility index (Phi) is 13.2. The van der Waals surface area contributed by atoms with Crippen LogP contribution in [0.25, 0.3) is 0 Å². The molecule has 24 heavy (non-hydrogen) atoms. The molecule has 1 aromatic rings. The summed E-state index contributed by atoms with van der Waals surface area (Å²) < 4.78 is 0. The summed E-state index contributed by atoms with van der Waals surface area (Å²) in [6.45, 7) is 2.25. The van der Waals surface area contributed by atoms with Gasteiger partial charge in [0.2, 0.25) is 0 Å². The molecule has 1 rings (SSSR count). The third-order valence-corrected chi connectivity index (χ3v) is 8.65. The van der Waals surface area contributed by atoms with Crippen LogP contribution in [0.5, 0.6) is 0 Å². The van der Waals surface area contributed by atoms with E-state index >= 15 is 0 Å². The summed E-state index contributed by atoms with van der Waals surface area (Å²) in [7, 11) is 3.23. The van der Waals surface area contributed by atoms with Crippen LogP contribution in [-0.2, 0) is 0 Å². The van der Waals surface area contributed by atoms with Gasteiger partial charge in [0.25, 0.3) is 0 Å². The van der Waals surface area contributed by atoms with Crippen LogP contribution in [0.3, 0.4) is 0 Å². The third kappa shape index (κ3) is 7.94. The van der Waals surface area contributed by atoms with Crippen molar-refractivity contribution in [1.29, 1.82) is 0 Å². The second kappa shape index (κ2) is 13.5. The number of halogens is 5. The average molecular weight is 469 g/mol. The predicted octanol–water partition coefficient (Wildman–Crippen LogP) is 10.2. The molecule has 0 nitrogen and oxygen atoms in total.